The molecule has 0 saturated carbocycles. The van der Waals surface area contributed by atoms with E-state index in [9.17, 15) is 13.2 Å². The number of hydrogen-bond acceptors (Lipinski definition) is 5. The number of pyridine rings is 1. The van der Waals surface area contributed by atoms with Crippen molar-refractivity contribution in [2.45, 2.75) is 24.0 Å². The number of nitrogens with zero attached hydrogens (tertiary/aromatic N) is 3. The predicted molar refractivity (Wildman–Crippen MR) is 85.6 cm³/mol. The Balaban J connectivity index is 1.42. The molecule has 128 valence electrons. The van der Waals surface area contributed by atoms with Crippen molar-refractivity contribution in [1.82, 2.24) is 14.2 Å². The molecule has 0 aliphatic carbocycles. The third-order valence-corrected chi connectivity index (χ3v) is 6.46. The van der Waals surface area contributed by atoms with E-state index < -0.39 is 10.0 Å². The summed E-state index contributed by atoms with van der Waals surface area (Å²) in [6.45, 7) is 2.32. The van der Waals surface area contributed by atoms with Crippen molar-refractivity contribution in [3.8, 4) is 0 Å². The van der Waals surface area contributed by atoms with Gasteiger partial charge in [-0.25, -0.2) is 13.4 Å². The van der Waals surface area contributed by atoms with Gasteiger partial charge >= 0.3 is 0 Å². The summed E-state index contributed by atoms with van der Waals surface area (Å²) < 4.78 is 32.1. The largest absolute Gasteiger partial charge is 0.368 e. The van der Waals surface area contributed by atoms with Crippen LogP contribution in [0.5, 0.6) is 0 Å². The number of rotatable bonds is 3. The molecule has 4 heterocycles. The normalized spacial score (nSPS) is 24.7. The summed E-state index contributed by atoms with van der Waals surface area (Å²) >= 11 is 0. The summed E-state index contributed by atoms with van der Waals surface area (Å²) in [5.74, 6) is 0.0287. The molecule has 1 aromatic heterocycles. The van der Waals surface area contributed by atoms with Crippen molar-refractivity contribution in [3.63, 3.8) is 0 Å². The predicted octanol–water partition coefficient (Wildman–Crippen LogP) is 0.404. The molecule has 1 fully saturated rings. The monoisotopic (exact) mass is 349 g/mol. The van der Waals surface area contributed by atoms with Gasteiger partial charge in [0.25, 0.3) is 15.9 Å². The summed E-state index contributed by atoms with van der Waals surface area (Å²) in [5, 5.41) is 0.0680. The van der Waals surface area contributed by atoms with Gasteiger partial charge in [0.15, 0.2) is 5.03 Å². The Morgan fingerprint density at radius 1 is 1.17 bits per heavy atom. The van der Waals surface area contributed by atoms with E-state index in [1.54, 1.807) is 17.0 Å². The first-order valence-corrected chi connectivity index (χ1v) is 9.51. The fourth-order valence-electron chi connectivity index (χ4n) is 3.48. The average Bonchev–Trinajstić information content (AvgIpc) is 3.30. The topological polar surface area (TPSA) is 79.8 Å². The van der Waals surface area contributed by atoms with E-state index in [1.807, 2.05) is 0 Å². The van der Waals surface area contributed by atoms with Gasteiger partial charge in [-0.15, -0.1) is 0 Å². The van der Waals surface area contributed by atoms with Gasteiger partial charge < -0.3 is 9.64 Å². The van der Waals surface area contributed by atoms with Gasteiger partial charge in [-0.1, -0.05) is 6.07 Å². The lowest BCUT2D eigenvalue weighted by atomic mass is 10.2. The quantitative estimate of drug-likeness (QED) is 0.738. The first kappa shape index (κ1) is 15.7. The molecule has 7 nitrogen and oxygen atoms in total. The zero-order valence-corrected chi connectivity index (χ0v) is 14.0. The maximum absolute atomic E-state index is 12.6. The van der Waals surface area contributed by atoms with Crippen LogP contribution in [0.3, 0.4) is 0 Å². The molecule has 3 aliphatic heterocycles. The van der Waals surface area contributed by atoms with Gasteiger partial charge in [0, 0.05) is 39.0 Å². The molecule has 1 atom stereocenters. The van der Waals surface area contributed by atoms with Crippen LogP contribution < -0.4 is 0 Å². The van der Waals surface area contributed by atoms with Crippen molar-refractivity contribution >= 4 is 15.9 Å². The number of ether oxygens (including phenoxy) is 1. The minimum absolute atomic E-state index is 0.0287. The first-order valence-electron chi connectivity index (χ1n) is 8.07. The van der Waals surface area contributed by atoms with Crippen LogP contribution >= 0.6 is 0 Å². The number of sulfonamides is 1. The van der Waals surface area contributed by atoms with Crippen LogP contribution in [0.4, 0.5) is 0 Å². The molecule has 24 heavy (non-hydrogen) atoms. The molecule has 0 N–H and O–H groups in total. The van der Waals surface area contributed by atoms with Gasteiger partial charge in [-0.3, -0.25) is 4.79 Å². The summed E-state index contributed by atoms with van der Waals surface area (Å²) in [6.07, 6.45) is 2.86. The Morgan fingerprint density at radius 3 is 2.50 bits per heavy atom. The van der Waals surface area contributed by atoms with E-state index >= 15 is 0 Å². The molecule has 1 saturated heterocycles. The summed E-state index contributed by atoms with van der Waals surface area (Å²) in [5.41, 5.74) is 2.06. The second-order valence-electron chi connectivity index (χ2n) is 6.34. The molecule has 3 aliphatic rings. The fourth-order valence-corrected chi connectivity index (χ4v) is 4.84. The standard InChI is InChI=1S/C16H19N3O4S/c20-16(14-4-3-7-23-14)18-8-12-10-19(11-13(12)9-18)24(21,22)15-5-1-2-6-17-15/h1-2,5-6,14H,3-4,7-11H2/t14-/m1/s1. The van der Waals surface area contributed by atoms with Crippen molar-refractivity contribution in [2.75, 3.05) is 32.8 Å². The van der Waals surface area contributed by atoms with E-state index in [2.05, 4.69) is 4.98 Å². The second kappa shape index (κ2) is 5.94. The smallest absolute Gasteiger partial charge is 0.261 e. The Bertz CT molecular complexity index is 767. The Labute approximate surface area is 141 Å². The maximum Gasteiger partial charge on any atom is 0.261 e. The molecule has 4 rings (SSSR count). The number of aromatic nitrogens is 1. The van der Waals surface area contributed by atoms with E-state index in [0.717, 1.165) is 24.0 Å². The molecular formula is C16H19N3O4S. The molecule has 8 heteroatoms. The lowest BCUT2D eigenvalue weighted by molar-refractivity contribution is -0.139. The number of carbonyl (C=O) groups is 1. The van der Waals surface area contributed by atoms with Crippen LogP contribution in [0.25, 0.3) is 0 Å². The summed E-state index contributed by atoms with van der Waals surface area (Å²) in [7, 11) is -3.58. The van der Waals surface area contributed by atoms with Crippen LogP contribution in [0.15, 0.2) is 40.6 Å². The Morgan fingerprint density at radius 2 is 1.92 bits per heavy atom. The minimum atomic E-state index is -3.58. The molecular weight excluding hydrogens is 330 g/mol. The minimum Gasteiger partial charge on any atom is -0.368 e. The van der Waals surface area contributed by atoms with Crippen LogP contribution in [-0.4, -0.2) is 67.4 Å². The highest BCUT2D eigenvalue weighted by atomic mass is 32.2. The molecule has 1 aromatic rings. The summed E-state index contributed by atoms with van der Waals surface area (Å²) in [6, 6.07) is 4.86. The Kier molecular flexibility index (Phi) is 3.90. The third kappa shape index (κ3) is 2.64. The second-order valence-corrected chi connectivity index (χ2v) is 8.23. The lowest BCUT2D eigenvalue weighted by Gasteiger charge is -2.24. The highest BCUT2D eigenvalue weighted by Gasteiger charge is 2.39. The van der Waals surface area contributed by atoms with E-state index in [4.69, 9.17) is 4.74 Å². The zero-order valence-electron chi connectivity index (χ0n) is 13.2. The molecule has 0 radical (unpaired) electrons. The number of hydrogen-bond donors (Lipinski definition) is 0. The van der Waals surface area contributed by atoms with E-state index in [0.29, 0.717) is 32.8 Å². The first-order chi connectivity index (χ1) is 11.6. The van der Waals surface area contributed by atoms with E-state index in [-0.39, 0.29) is 17.0 Å². The fraction of sp³-hybridized carbons (Fsp3) is 0.500. The van der Waals surface area contributed by atoms with Gasteiger partial charge in [-0.2, -0.15) is 4.31 Å². The van der Waals surface area contributed by atoms with E-state index in [1.165, 1.54) is 16.6 Å². The van der Waals surface area contributed by atoms with Gasteiger partial charge in [0.2, 0.25) is 0 Å². The van der Waals surface area contributed by atoms with Crippen molar-refractivity contribution in [3.05, 3.63) is 35.5 Å². The molecule has 0 bridgehead atoms. The van der Waals surface area contributed by atoms with Crippen molar-refractivity contribution in [1.29, 1.82) is 0 Å². The SMILES string of the molecule is O=C([C@H]1CCCO1)N1CC2=C(C1)CN(S(=O)(=O)c1ccccn1)C2. The van der Waals surface area contributed by atoms with Crippen molar-refractivity contribution < 1.29 is 17.9 Å². The van der Waals surface area contributed by atoms with Gasteiger partial charge in [0.05, 0.1) is 0 Å². The summed E-state index contributed by atoms with van der Waals surface area (Å²) in [4.78, 5) is 18.1. The molecule has 0 unspecified atom stereocenters. The number of carbonyl (C=O) groups excluding carboxylic acids is 1. The maximum atomic E-state index is 12.6. The van der Waals surface area contributed by atoms with Crippen LogP contribution in [0.1, 0.15) is 12.8 Å². The van der Waals surface area contributed by atoms with Gasteiger partial charge in [-0.05, 0) is 36.1 Å². The van der Waals surface area contributed by atoms with Gasteiger partial charge in [0.1, 0.15) is 6.10 Å². The lowest BCUT2D eigenvalue weighted by Crippen LogP contribution is -2.40. The zero-order chi connectivity index (χ0) is 16.7. The molecule has 0 spiro atoms. The third-order valence-electron chi connectivity index (χ3n) is 4.76. The molecule has 0 aromatic carbocycles. The average molecular weight is 349 g/mol. The van der Waals surface area contributed by atoms with Crippen LogP contribution in [-0.2, 0) is 19.6 Å². The highest BCUT2D eigenvalue weighted by molar-refractivity contribution is 7.89. The van der Waals surface area contributed by atoms with Crippen LogP contribution in [0, 0.1) is 0 Å². The highest BCUT2D eigenvalue weighted by Crippen LogP contribution is 2.30. The Hall–Kier alpha value is -1.77. The van der Waals surface area contributed by atoms with Crippen molar-refractivity contribution in [2.24, 2.45) is 0 Å². The number of amides is 1. The van der Waals surface area contributed by atoms with Crippen LogP contribution in [0.2, 0.25) is 0 Å². The molecule has 1 amide bonds.